The molecule has 0 heterocycles. The molecular weight excluding hydrogens is 423 g/mol. The van der Waals surface area contributed by atoms with Crippen molar-refractivity contribution in [1.29, 1.82) is 0 Å². The van der Waals surface area contributed by atoms with E-state index in [-0.39, 0.29) is 0 Å². The third kappa shape index (κ3) is 14.8. The van der Waals surface area contributed by atoms with E-state index in [2.05, 4.69) is 43.2 Å². The molecule has 0 fully saturated rings. The molecule has 0 aliphatic heterocycles. The van der Waals surface area contributed by atoms with E-state index >= 15 is 0 Å². The molecule has 0 spiro atoms. The van der Waals surface area contributed by atoms with Crippen LogP contribution in [0.4, 0.5) is 0 Å². The first-order chi connectivity index (χ1) is 13.5. The van der Waals surface area contributed by atoms with Crippen LogP contribution < -0.4 is 0 Å². The third-order valence-corrected chi connectivity index (χ3v) is 16.8. The van der Waals surface area contributed by atoms with Crippen LogP contribution in [0.25, 0.3) is 0 Å². The van der Waals surface area contributed by atoms with E-state index in [1.54, 1.807) is 18.5 Å². The Morgan fingerprint density at radius 2 is 0.571 bits per heavy atom. The van der Waals surface area contributed by atoms with E-state index in [1.165, 1.54) is 122 Å². The summed E-state index contributed by atoms with van der Waals surface area (Å²) in [5.74, 6) is 0. The van der Waals surface area contributed by atoms with Crippen molar-refractivity contribution in [3.05, 3.63) is 0 Å². The predicted molar refractivity (Wildman–Crippen MR) is 141 cm³/mol. The Morgan fingerprint density at radius 1 is 0.357 bits per heavy atom. The van der Waals surface area contributed by atoms with Gasteiger partial charge in [-0.05, 0) is 0 Å². The molecule has 0 aromatic rings. The van der Waals surface area contributed by atoms with E-state index in [0.717, 1.165) is 0 Å². The number of hydrogen-bond acceptors (Lipinski definition) is 0. The third-order valence-electron chi connectivity index (χ3n) is 6.78. The number of hydrogen-bond donors (Lipinski definition) is 0. The Kier molecular flexibility index (Phi) is 19.3. The Hall–Kier alpha value is 0.910. The van der Waals surface area contributed by atoms with Gasteiger partial charge in [0, 0.05) is 0 Å². The fourth-order valence-corrected chi connectivity index (χ4v) is 13.2. The molecular formula is C26H56BrP. The van der Waals surface area contributed by atoms with Gasteiger partial charge in [-0.2, -0.15) is 0 Å². The molecule has 0 atom stereocenters. The second-order valence-corrected chi connectivity index (χ2v) is 21.1. The Balaban J connectivity index is 4.91. The topological polar surface area (TPSA) is 0 Å². The van der Waals surface area contributed by atoms with Crippen LogP contribution in [-0.4, -0.2) is 24.6 Å². The van der Waals surface area contributed by atoms with Crippen molar-refractivity contribution >= 4 is 20.8 Å². The summed E-state index contributed by atoms with van der Waals surface area (Å²) in [7, 11) is 0. The second-order valence-electron chi connectivity index (χ2n) is 9.66. The molecule has 0 unspecified atom stereocenters. The van der Waals surface area contributed by atoms with Crippen LogP contribution in [0.2, 0.25) is 0 Å². The average Bonchev–Trinajstić information content (AvgIpc) is 2.68. The molecule has 0 rings (SSSR count). The summed E-state index contributed by atoms with van der Waals surface area (Å²) < 4.78 is 0. The minimum atomic E-state index is -1.69. The molecule has 0 amide bonds. The van der Waals surface area contributed by atoms with Crippen molar-refractivity contribution in [2.75, 3.05) is 24.6 Å². The number of rotatable bonds is 22. The van der Waals surface area contributed by atoms with Crippen molar-refractivity contribution in [2.45, 2.75) is 143 Å². The predicted octanol–water partition coefficient (Wildman–Crippen LogP) is 11.0. The minimum absolute atomic E-state index is 1.36. The van der Waals surface area contributed by atoms with Crippen molar-refractivity contribution in [3.8, 4) is 0 Å². The average molecular weight is 480 g/mol. The first-order valence-corrected chi connectivity index (χ1v) is 18.3. The molecule has 0 nitrogen and oxygen atoms in total. The quantitative estimate of drug-likeness (QED) is 0.107. The molecule has 0 bridgehead atoms. The Bertz CT molecular complexity index is 290. The van der Waals surface area contributed by atoms with Crippen LogP contribution in [0, 0.1) is 0 Å². The Morgan fingerprint density at radius 3 is 0.857 bits per heavy atom. The van der Waals surface area contributed by atoms with Crippen molar-refractivity contribution < 1.29 is 0 Å². The fourth-order valence-electron chi connectivity index (χ4n) is 4.76. The zero-order valence-electron chi connectivity index (χ0n) is 20.4. The molecule has 2 heteroatoms. The number of unbranched alkanes of at least 4 members (excludes halogenated alkanes) is 14. The van der Waals surface area contributed by atoms with Gasteiger partial charge in [-0.1, -0.05) is 0 Å². The van der Waals surface area contributed by atoms with Gasteiger partial charge in [0.05, 0.1) is 0 Å². The molecule has 0 aliphatic rings. The SMILES string of the molecule is CCCCCCCP(Br)(CCCCC)(CCCCCCC)CCCCCCC. The van der Waals surface area contributed by atoms with Crippen LogP contribution in [0.1, 0.15) is 143 Å². The summed E-state index contributed by atoms with van der Waals surface area (Å²) in [4.78, 5) is 0. The van der Waals surface area contributed by atoms with Crippen molar-refractivity contribution in [2.24, 2.45) is 0 Å². The van der Waals surface area contributed by atoms with Crippen LogP contribution in [0.5, 0.6) is 0 Å². The van der Waals surface area contributed by atoms with Crippen LogP contribution in [0.15, 0.2) is 0 Å². The van der Waals surface area contributed by atoms with Crippen LogP contribution >= 0.6 is 20.8 Å². The molecule has 0 saturated heterocycles. The van der Waals surface area contributed by atoms with E-state index in [0.29, 0.717) is 0 Å². The monoisotopic (exact) mass is 478 g/mol. The van der Waals surface area contributed by atoms with Crippen LogP contribution in [-0.2, 0) is 0 Å². The van der Waals surface area contributed by atoms with Gasteiger partial charge >= 0.3 is 189 Å². The molecule has 0 aromatic carbocycles. The molecule has 28 heavy (non-hydrogen) atoms. The molecule has 0 aliphatic carbocycles. The van der Waals surface area contributed by atoms with Gasteiger partial charge in [-0.15, -0.1) is 0 Å². The van der Waals surface area contributed by atoms with Gasteiger partial charge < -0.3 is 0 Å². The van der Waals surface area contributed by atoms with Gasteiger partial charge in [0.15, 0.2) is 0 Å². The summed E-state index contributed by atoms with van der Waals surface area (Å²) >= 11 is 4.66. The zero-order chi connectivity index (χ0) is 21.0. The normalized spacial score (nSPS) is 13.5. The summed E-state index contributed by atoms with van der Waals surface area (Å²) in [6.45, 7) is 9.37. The first kappa shape index (κ1) is 28.9. The summed E-state index contributed by atoms with van der Waals surface area (Å²) in [6, 6.07) is 0. The number of halogens is 1. The van der Waals surface area contributed by atoms with E-state index in [4.69, 9.17) is 0 Å². The molecule has 0 aromatic heterocycles. The fraction of sp³-hybridized carbons (Fsp3) is 1.00. The van der Waals surface area contributed by atoms with Crippen molar-refractivity contribution in [1.82, 2.24) is 0 Å². The molecule has 172 valence electrons. The van der Waals surface area contributed by atoms with Gasteiger partial charge in [-0.25, -0.2) is 0 Å². The molecule has 0 saturated carbocycles. The van der Waals surface area contributed by atoms with E-state index in [9.17, 15) is 0 Å². The van der Waals surface area contributed by atoms with Gasteiger partial charge in [0.25, 0.3) is 0 Å². The Labute approximate surface area is 188 Å². The van der Waals surface area contributed by atoms with Crippen LogP contribution in [0.3, 0.4) is 0 Å². The van der Waals surface area contributed by atoms with E-state index in [1.807, 2.05) is 0 Å². The maximum atomic E-state index is 4.66. The van der Waals surface area contributed by atoms with Gasteiger partial charge in [-0.3, -0.25) is 0 Å². The summed E-state index contributed by atoms with van der Waals surface area (Å²) in [6.07, 6.45) is 32.1. The van der Waals surface area contributed by atoms with Crippen molar-refractivity contribution in [3.63, 3.8) is 0 Å². The maximum absolute atomic E-state index is 4.66. The van der Waals surface area contributed by atoms with Gasteiger partial charge in [0.1, 0.15) is 0 Å². The first-order valence-electron chi connectivity index (χ1n) is 13.3. The summed E-state index contributed by atoms with van der Waals surface area (Å²) in [5, 5.41) is -1.69. The van der Waals surface area contributed by atoms with E-state index < -0.39 is 5.31 Å². The zero-order valence-corrected chi connectivity index (χ0v) is 22.9. The standard InChI is InChI=1S/C26H56BrP/c1-5-9-13-16-20-24-28(27,23-19-12-8-4,25-21-17-14-10-6-2)26-22-18-15-11-7-3/h5-26H2,1-4H3. The summed E-state index contributed by atoms with van der Waals surface area (Å²) in [5.41, 5.74) is 0. The molecule has 0 N–H and O–H groups in total. The molecule has 0 radical (unpaired) electrons. The second kappa shape index (κ2) is 18.7. The van der Waals surface area contributed by atoms with Gasteiger partial charge in [0.2, 0.25) is 0 Å².